The Hall–Kier alpha value is 0.230. The first-order valence-corrected chi connectivity index (χ1v) is 9.02. The number of hydrogen-bond donors (Lipinski definition) is 2. The molecule has 0 aromatic rings. The molecule has 1 rings (SSSR count). The number of aliphatic hydroxyl groups is 1. The predicted octanol–water partition coefficient (Wildman–Crippen LogP) is 2.53. The number of aliphatic hydroxyl groups excluding tert-OH is 1. The van der Waals surface area contributed by atoms with E-state index < -0.39 is 0 Å². The fraction of sp³-hybridized carbons (Fsp3) is 1.00. The van der Waals surface area contributed by atoms with E-state index in [9.17, 15) is 5.11 Å². The third kappa shape index (κ3) is 7.54. The van der Waals surface area contributed by atoms with Gasteiger partial charge in [0.05, 0.1) is 18.8 Å². The van der Waals surface area contributed by atoms with Gasteiger partial charge in [-0.25, -0.2) is 0 Å². The average molecular weight is 289 g/mol. The highest BCUT2D eigenvalue weighted by atomic mass is 32.2. The Morgan fingerprint density at radius 1 is 1.32 bits per heavy atom. The fourth-order valence-corrected chi connectivity index (χ4v) is 3.35. The number of nitrogens with one attached hydrogen (secondary N) is 1. The number of hydrogen-bond acceptors (Lipinski definition) is 4. The molecule has 4 atom stereocenters. The SMILES string of the molecule is CSCC(C)CNCC(O)COC1CCCCC1C. The summed E-state index contributed by atoms with van der Waals surface area (Å²) in [5.74, 6) is 2.47. The van der Waals surface area contributed by atoms with Crippen LogP contribution in [0.15, 0.2) is 0 Å². The van der Waals surface area contributed by atoms with E-state index in [0.717, 1.165) is 13.0 Å². The zero-order valence-corrected chi connectivity index (χ0v) is 13.5. The monoisotopic (exact) mass is 289 g/mol. The van der Waals surface area contributed by atoms with Crippen LogP contribution in [0.5, 0.6) is 0 Å². The summed E-state index contributed by atoms with van der Waals surface area (Å²) in [7, 11) is 0. The van der Waals surface area contributed by atoms with Crippen molar-refractivity contribution in [2.24, 2.45) is 11.8 Å². The highest BCUT2D eigenvalue weighted by molar-refractivity contribution is 7.98. The lowest BCUT2D eigenvalue weighted by molar-refractivity contribution is -0.0452. The third-order valence-electron chi connectivity index (χ3n) is 3.86. The third-order valence-corrected chi connectivity index (χ3v) is 4.76. The molecule has 0 spiro atoms. The summed E-state index contributed by atoms with van der Waals surface area (Å²) in [6.07, 6.45) is 7.14. The lowest BCUT2D eigenvalue weighted by atomic mass is 9.88. The molecule has 1 saturated carbocycles. The van der Waals surface area contributed by atoms with Crippen LogP contribution in [0.3, 0.4) is 0 Å². The van der Waals surface area contributed by atoms with Crippen molar-refractivity contribution in [2.45, 2.75) is 51.7 Å². The highest BCUT2D eigenvalue weighted by Gasteiger charge is 2.22. The van der Waals surface area contributed by atoms with E-state index in [1.54, 1.807) is 0 Å². The van der Waals surface area contributed by atoms with Gasteiger partial charge in [0, 0.05) is 6.54 Å². The normalized spacial score (nSPS) is 27.2. The van der Waals surface area contributed by atoms with Crippen molar-refractivity contribution >= 4 is 11.8 Å². The Kier molecular flexibility index (Phi) is 9.12. The van der Waals surface area contributed by atoms with Crippen LogP contribution in [-0.4, -0.2) is 49.0 Å². The largest absolute Gasteiger partial charge is 0.389 e. The van der Waals surface area contributed by atoms with Gasteiger partial charge in [-0.2, -0.15) is 11.8 Å². The van der Waals surface area contributed by atoms with E-state index in [4.69, 9.17) is 4.74 Å². The summed E-state index contributed by atoms with van der Waals surface area (Å²) in [6, 6.07) is 0. The second kappa shape index (κ2) is 10.0. The molecule has 1 aliphatic carbocycles. The molecular formula is C15H31NO2S. The first-order valence-electron chi connectivity index (χ1n) is 7.62. The second-order valence-corrected chi connectivity index (χ2v) is 6.92. The van der Waals surface area contributed by atoms with Crippen molar-refractivity contribution in [3.63, 3.8) is 0 Å². The van der Waals surface area contributed by atoms with E-state index in [1.807, 2.05) is 11.8 Å². The maximum atomic E-state index is 9.92. The van der Waals surface area contributed by atoms with E-state index in [-0.39, 0.29) is 6.10 Å². The standard InChI is InChI=1S/C15H31NO2S/c1-12(11-19-3)8-16-9-14(17)10-18-15-7-5-4-6-13(15)2/h12-17H,4-11H2,1-3H3. The number of rotatable bonds is 9. The van der Waals surface area contributed by atoms with Gasteiger partial charge >= 0.3 is 0 Å². The topological polar surface area (TPSA) is 41.5 Å². The molecule has 1 fully saturated rings. The average Bonchev–Trinajstić information content (AvgIpc) is 2.38. The minimum absolute atomic E-state index is 0.360. The fourth-order valence-electron chi connectivity index (χ4n) is 2.66. The summed E-state index contributed by atoms with van der Waals surface area (Å²) in [4.78, 5) is 0. The molecule has 1 aliphatic rings. The quantitative estimate of drug-likeness (QED) is 0.684. The van der Waals surface area contributed by atoms with Crippen molar-refractivity contribution in [3.8, 4) is 0 Å². The van der Waals surface area contributed by atoms with Crippen LogP contribution >= 0.6 is 11.8 Å². The van der Waals surface area contributed by atoms with Crippen molar-refractivity contribution in [1.82, 2.24) is 5.32 Å². The number of thioether (sulfide) groups is 1. The Labute approximate surface area is 122 Å². The molecule has 3 nitrogen and oxygen atoms in total. The molecule has 0 aromatic carbocycles. The molecule has 0 amide bonds. The van der Waals surface area contributed by atoms with E-state index in [1.165, 1.54) is 25.0 Å². The molecule has 114 valence electrons. The van der Waals surface area contributed by atoms with Gasteiger partial charge in [0.2, 0.25) is 0 Å². The molecule has 0 radical (unpaired) electrons. The van der Waals surface area contributed by atoms with Crippen LogP contribution in [0, 0.1) is 11.8 Å². The van der Waals surface area contributed by atoms with Gasteiger partial charge in [-0.3, -0.25) is 0 Å². The number of ether oxygens (including phenoxy) is 1. The zero-order valence-electron chi connectivity index (χ0n) is 12.7. The second-order valence-electron chi connectivity index (χ2n) is 6.01. The summed E-state index contributed by atoms with van der Waals surface area (Å²) >= 11 is 1.87. The Morgan fingerprint density at radius 2 is 2.05 bits per heavy atom. The van der Waals surface area contributed by atoms with Crippen LogP contribution in [-0.2, 0) is 4.74 Å². The van der Waals surface area contributed by atoms with Gasteiger partial charge < -0.3 is 15.2 Å². The van der Waals surface area contributed by atoms with Crippen LogP contribution in [0.25, 0.3) is 0 Å². The minimum atomic E-state index is -0.379. The smallest absolute Gasteiger partial charge is 0.0897 e. The van der Waals surface area contributed by atoms with Crippen molar-refractivity contribution in [3.05, 3.63) is 0 Å². The minimum Gasteiger partial charge on any atom is -0.389 e. The first kappa shape index (κ1) is 17.3. The molecule has 19 heavy (non-hydrogen) atoms. The van der Waals surface area contributed by atoms with E-state index >= 15 is 0 Å². The van der Waals surface area contributed by atoms with E-state index in [2.05, 4.69) is 25.4 Å². The molecule has 0 heterocycles. The molecular weight excluding hydrogens is 258 g/mol. The maximum absolute atomic E-state index is 9.92. The molecule has 4 heteroatoms. The van der Waals surface area contributed by atoms with Gasteiger partial charge in [-0.1, -0.05) is 26.7 Å². The van der Waals surface area contributed by atoms with Crippen molar-refractivity contribution < 1.29 is 9.84 Å². The van der Waals surface area contributed by atoms with Crippen LogP contribution < -0.4 is 5.32 Å². The Morgan fingerprint density at radius 3 is 2.74 bits per heavy atom. The summed E-state index contributed by atoms with van der Waals surface area (Å²) < 4.78 is 5.87. The lowest BCUT2D eigenvalue weighted by Crippen LogP contribution is -2.36. The van der Waals surface area contributed by atoms with Gasteiger partial charge in [0.25, 0.3) is 0 Å². The van der Waals surface area contributed by atoms with Crippen molar-refractivity contribution in [2.75, 3.05) is 31.7 Å². The predicted molar refractivity (Wildman–Crippen MR) is 83.8 cm³/mol. The summed E-state index contributed by atoms with van der Waals surface area (Å²) in [6.45, 7) is 6.57. The molecule has 2 N–H and O–H groups in total. The summed E-state index contributed by atoms with van der Waals surface area (Å²) in [5, 5.41) is 13.2. The molecule has 0 aliphatic heterocycles. The maximum Gasteiger partial charge on any atom is 0.0897 e. The first-order chi connectivity index (χ1) is 9.13. The van der Waals surface area contributed by atoms with Gasteiger partial charge in [0.1, 0.15) is 0 Å². The highest BCUT2D eigenvalue weighted by Crippen LogP contribution is 2.26. The molecule has 0 bridgehead atoms. The molecule has 0 saturated heterocycles. The molecule has 0 aromatic heterocycles. The van der Waals surface area contributed by atoms with Crippen LogP contribution in [0.1, 0.15) is 39.5 Å². The van der Waals surface area contributed by atoms with Gasteiger partial charge in [0.15, 0.2) is 0 Å². The van der Waals surface area contributed by atoms with Gasteiger partial charge in [-0.15, -0.1) is 0 Å². The van der Waals surface area contributed by atoms with Crippen LogP contribution in [0.4, 0.5) is 0 Å². The van der Waals surface area contributed by atoms with Gasteiger partial charge in [-0.05, 0) is 43.2 Å². The zero-order chi connectivity index (χ0) is 14.1. The Bertz CT molecular complexity index is 228. The van der Waals surface area contributed by atoms with Crippen LogP contribution in [0.2, 0.25) is 0 Å². The van der Waals surface area contributed by atoms with Crippen molar-refractivity contribution in [1.29, 1.82) is 0 Å². The Balaban J connectivity index is 2.05. The lowest BCUT2D eigenvalue weighted by Gasteiger charge is -2.29. The molecule has 4 unspecified atom stereocenters. The van der Waals surface area contributed by atoms with E-state index in [0.29, 0.717) is 31.1 Å². The summed E-state index contributed by atoms with van der Waals surface area (Å²) in [5.41, 5.74) is 0.